The number of hydrogen-bond donors (Lipinski definition) is 2. The highest BCUT2D eigenvalue weighted by Gasteiger charge is 2.29. The van der Waals surface area contributed by atoms with Crippen LogP contribution in [-0.2, 0) is 14.3 Å². The monoisotopic (exact) mass is 333 g/mol. The van der Waals surface area contributed by atoms with Gasteiger partial charge in [-0.1, -0.05) is 12.1 Å². The number of amides is 1. The first-order chi connectivity index (χ1) is 11.5. The Bertz CT molecular complexity index is 753. The van der Waals surface area contributed by atoms with Crippen molar-refractivity contribution in [3.63, 3.8) is 0 Å². The zero-order valence-corrected chi connectivity index (χ0v) is 13.3. The van der Waals surface area contributed by atoms with Gasteiger partial charge in [-0.25, -0.2) is 4.79 Å². The van der Waals surface area contributed by atoms with Gasteiger partial charge in [-0.3, -0.25) is 4.79 Å². The Morgan fingerprint density at radius 1 is 1.42 bits per heavy atom. The lowest BCUT2D eigenvalue weighted by molar-refractivity contribution is -0.147. The lowest BCUT2D eigenvalue weighted by atomic mass is 10.1. The third-order valence-electron chi connectivity index (χ3n) is 3.94. The number of carboxylic acid groups (broad SMARTS) is 1. The van der Waals surface area contributed by atoms with Gasteiger partial charge in [0.25, 0.3) is 5.91 Å². The minimum atomic E-state index is -1.04. The number of carboxylic acids is 1. The number of furan rings is 1. The van der Waals surface area contributed by atoms with Crippen LogP contribution in [-0.4, -0.2) is 48.9 Å². The van der Waals surface area contributed by atoms with Crippen LogP contribution in [0.5, 0.6) is 0 Å². The van der Waals surface area contributed by atoms with Gasteiger partial charge in [0.2, 0.25) is 0 Å². The zero-order valence-electron chi connectivity index (χ0n) is 13.3. The molecule has 7 heteroatoms. The number of benzene rings is 1. The van der Waals surface area contributed by atoms with Crippen molar-refractivity contribution < 1.29 is 28.6 Å². The zero-order chi connectivity index (χ0) is 17.1. The molecule has 1 saturated heterocycles. The molecule has 1 aromatic heterocycles. The second-order valence-electron chi connectivity index (χ2n) is 5.77. The molecule has 2 N–H and O–H groups in total. The summed E-state index contributed by atoms with van der Waals surface area (Å²) in [6.45, 7) is 2.18. The number of rotatable bonds is 5. The third-order valence-corrected chi connectivity index (χ3v) is 3.94. The number of aliphatic carboxylic acids is 1. The van der Waals surface area contributed by atoms with E-state index in [4.69, 9.17) is 19.0 Å². The van der Waals surface area contributed by atoms with Crippen molar-refractivity contribution in [3.8, 4) is 0 Å². The average molecular weight is 333 g/mol. The first-order valence-corrected chi connectivity index (χ1v) is 7.76. The first-order valence-electron chi connectivity index (χ1n) is 7.76. The van der Waals surface area contributed by atoms with Crippen LogP contribution in [0.1, 0.15) is 22.5 Å². The van der Waals surface area contributed by atoms with Crippen LogP contribution < -0.4 is 5.32 Å². The molecular weight excluding hydrogens is 314 g/mol. The Hall–Kier alpha value is -2.38. The van der Waals surface area contributed by atoms with E-state index in [0.29, 0.717) is 24.2 Å². The van der Waals surface area contributed by atoms with Crippen molar-refractivity contribution in [2.75, 3.05) is 19.8 Å². The fourth-order valence-corrected chi connectivity index (χ4v) is 2.85. The highest BCUT2D eigenvalue weighted by Crippen LogP contribution is 2.23. The van der Waals surface area contributed by atoms with Crippen LogP contribution in [0.15, 0.2) is 28.7 Å². The Morgan fingerprint density at radius 2 is 2.25 bits per heavy atom. The van der Waals surface area contributed by atoms with Crippen LogP contribution in [0.25, 0.3) is 11.0 Å². The van der Waals surface area contributed by atoms with Gasteiger partial charge in [0.05, 0.1) is 24.3 Å². The van der Waals surface area contributed by atoms with E-state index in [2.05, 4.69) is 5.32 Å². The summed E-state index contributed by atoms with van der Waals surface area (Å²) in [7, 11) is 0. The summed E-state index contributed by atoms with van der Waals surface area (Å²) < 4.78 is 16.4. The molecule has 1 aromatic carbocycles. The molecule has 7 nitrogen and oxygen atoms in total. The predicted octanol–water partition coefficient (Wildman–Crippen LogP) is 1.73. The van der Waals surface area contributed by atoms with Gasteiger partial charge < -0.3 is 24.3 Å². The number of nitrogens with one attached hydrogen (secondary N) is 1. The molecule has 1 aliphatic heterocycles. The molecule has 1 fully saturated rings. The topological polar surface area (TPSA) is 98.0 Å². The van der Waals surface area contributed by atoms with Gasteiger partial charge in [-0.05, 0) is 25.5 Å². The van der Waals surface area contributed by atoms with E-state index in [0.717, 1.165) is 11.1 Å². The van der Waals surface area contributed by atoms with Gasteiger partial charge in [0.15, 0.2) is 0 Å². The van der Waals surface area contributed by atoms with Crippen molar-refractivity contribution in [2.24, 2.45) is 0 Å². The van der Waals surface area contributed by atoms with Gasteiger partial charge in [0, 0.05) is 12.0 Å². The average Bonchev–Trinajstić information content (AvgIpc) is 2.93. The van der Waals surface area contributed by atoms with E-state index in [1.165, 1.54) is 0 Å². The predicted molar refractivity (Wildman–Crippen MR) is 85.0 cm³/mol. The maximum Gasteiger partial charge on any atom is 0.329 e. The number of ether oxygens (including phenoxy) is 2. The number of carbonyl (C=O) groups excluding carboxylic acids is 1. The van der Waals surface area contributed by atoms with Gasteiger partial charge >= 0.3 is 5.97 Å². The van der Waals surface area contributed by atoms with Gasteiger partial charge in [-0.2, -0.15) is 0 Å². The largest absolute Gasteiger partial charge is 0.480 e. The SMILES string of the molecule is Cc1cc2cccc(C(=O)N[C@@H]3COCC[C@@H]3OCC(=O)O)c2o1. The molecule has 2 heterocycles. The number of para-hydroxylation sites is 1. The lowest BCUT2D eigenvalue weighted by Gasteiger charge is -2.31. The normalized spacial score (nSPS) is 20.9. The number of fused-ring (bicyclic) bond motifs is 1. The van der Waals surface area contributed by atoms with E-state index >= 15 is 0 Å². The maximum atomic E-state index is 12.6. The Labute approximate surface area is 138 Å². The van der Waals surface area contributed by atoms with Crippen molar-refractivity contribution >= 4 is 22.8 Å². The molecule has 0 aliphatic carbocycles. The highest BCUT2D eigenvalue weighted by molar-refractivity contribution is 6.05. The van der Waals surface area contributed by atoms with Crippen LogP contribution in [0.4, 0.5) is 0 Å². The van der Waals surface area contributed by atoms with E-state index in [1.54, 1.807) is 12.1 Å². The Morgan fingerprint density at radius 3 is 3.04 bits per heavy atom. The summed E-state index contributed by atoms with van der Waals surface area (Å²) in [6, 6.07) is 6.83. The second-order valence-corrected chi connectivity index (χ2v) is 5.77. The van der Waals surface area contributed by atoms with Gasteiger partial charge in [0.1, 0.15) is 18.0 Å². The van der Waals surface area contributed by atoms with Crippen LogP contribution in [0, 0.1) is 6.92 Å². The standard InChI is InChI=1S/C17H19NO6/c1-10-7-11-3-2-4-12(16(11)24-10)17(21)18-13-8-22-6-5-14(13)23-9-15(19)20/h2-4,7,13-14H,5-6,8-9H2,1H3,(H,18,21)(H,19,20)/t13-,14+/m1/s1. The molecule has 0 bridgehead atoms. The van der Waals surface area contributed by atoms with Crippen LogP contribution in [0.3, 0.4) is 0 Å². The van der Waals surface area contributed by atoms with Gasteiger partial charge in [-0.15, -0.1) is 0 Å². The molecule has 0 spiro atoms. The highest BCUT2D eigenvalue weighted by atomic mass is 16.5. The van der Waals surface area contributed by atoms with Crippen molar-refractivity contribution in [1.82, 2.24) is 5.32 Å². The molecule has 2 atom stereocenters. The molecule has 24 heavy (non-hydrogen) atoms. The molecule has 0 saturated carbocycles. The minimum absolute atomic E-state index is 0.281. The minimum Gasteiger partial charge on any atom is -0.480 e. The van der Waals surface area contributed by atoms with E-state index in [-0.39, 0.29) is 12.5 Å². The molecule has 2 aromatic rings. The van der Waals surface area contributed by atoms with E-state index in [9.17, 15) is 9.59 Å². The fraction of sp³-hybridized carbons (Fsp3) is 0.412. The molecular formula is C17H19NO6. The van der Waals surface area contributed by atoms with Crippen molar-refractivity contribution in [1.29, 1.82) is 0 Å². The quantitative estimate of drug-likeness (QED) is 0.865. The van der Waals surface area contributed by atoms with Crippen LogP contribution in [0.2, 0.25) is 0 Å². The second kappa shape index (κ2) is 7.02. The third kappa shape index (κ3) is 3.58. The summed E-state index contributed by atoms with van der Waals surface area (Å²) in [6.07, 6.45) is 0.138. The summed E-state index contributed by atoms with van der Waals surface area (Å²) >= 11 is 0. The Kier molecular flexibility index (Phi) is 4.82. The lowest BCUT2D eigenvalue weighted by Crippen LogP contribution is -2.51. The molecule has 128 valence electrons. The van der Waals surface area contributed by atoms with E-state index in [1.807, 2.05) is 19.1 Å². The summed E-state index contributed by atoms with van der Waals surface area (Å²) in [4.78, 5) is 23.3. The number of hydrogen-bond acceptors (Lipinski definition) is 5. The number of aryl methyl sites for hydroxylation is 1. The van der Waals surface area contributed by atoms with Crippen molar-refractivity contribution in [3.05, 3.63) is 35.6 Å². The summed E-state index contributed by atoms with van der Waals surface area (Å²) in [5.74, 6) is -0.606. The fourth-order valence-electron chi connectivity index (χ4n) is 2.85. The summed E-state index contributed by atoms with van der Waals surface area (Å²) in [5, 5.41) is 12.5. The summed E-state index contributed by atoms with van der Waals surface area (Å²) in [5.41, 5.74) is 0.968. The molecule has 0 radical (unpaired) electrons. The molecule has 3 rings (SSSR count). The molecule has 1 amide bonds. The molecule has 0 unspecified atom stereocenters. The Balaban J connectivity index is 1.75. The van der Waals surface area contributed by atoms with Crippen molar-refractivity contribution in [2.45, 2.75) is 25.5 Å². The number of carbonyl (C=O) groups is 2. The van der Waals surface area contributed by atoms with Crippen LogP contribution >= 0.6 is 0 Å². The molecule has 1 aliphatic rings. The smallest absolute Gasteiger partial charge is 0.329 e. The first kappa shape index (κ1) is 16.5. The van der Waals surface area contributed by atoms with E-state index < -0.39 is 24.7 Å². The maximum absolute atomic E-state index is 12.6.